The van der Waals surface area contributed by atoms with Crippen molar-refractivity contribution in [2.75, 3.05) is 119 Å². The Labute approximate surface area is 270 Å². The smallest absolute Gasteiger partial charge is 0.222 e. The van der Waals surface area contributed by atoms with Gasteiger partial charge in [0.1, 0.15) is 0 Å². The fourth-order valence-electron chi connectivity index (χ4n) is 3.40. The van der Waals surface area contributed by atoms with E-state index in [1.807, 2.05) is 6.92 Å². The first-order chi connectivity index (χ1) is 22.0. The van der Waals surface area contributed by atoms with Crippen molar-refractivity contribution in [2.45, 2.75) is 58.9 Å². The number of carbonyl (C=O) groups excluding carboxylic acids is 3. The number of rotatable bonds is 36. The maximum Gasteiger partial charge on any atom is 0.222 e. The van der Waals surface area contributed by atoms with Crippen LogP contribution in [0.4, 0.5) is 0 Å². The van der Waals surface area contributed by atoms with E-state index in [0.29, 0.717) is 144 Å². The molecule has 0 saturated heterocycles. The molecule has 0 rings (SSSR count). The highest BCUT2D eigenvalue weighted by Gasteiger charge is 2.10. The molecule has 0 radical (unpaired) electrons. The summed E-state index contributed by atoms with van der Waals surface area (Å²) in [6.07, 6.45) is 4.11. The summed E-state index contributed by atoms with van der Waals surface area (Å²) in [5, 5.41) is 8.37. The van der Waals surface area contributed by atoms with E-state index in [9.17, 15) is 14.4 Å². The number of nitrogens with one attached hydrogen (secondary N) is 3. The van der Waals surface area contributed by atoms with Crippen LogP contribution in [-0.4, -0.2) is 143 Å². The van der Waals surface area contributed by atoms with Crippen LogP contribution in [0.15, 0.2) is 0 Å². The Bertz CT molecular complexity index is 675. The lowest BCUT2D eigenvalue weighted by molar-refractivity contribution is -0.123. The summed E-state index contributed by atoms with van der Waals surface area (Å²) in [6, 6.07) is 0.161. The average Bonchev–Trinajstić information content (AvgIpc) is 3.02. The molecule has 3 amide bonds. The number of unbranched alkanes of at least 4 members (excludes halogenated alkanes) is 2. The second kappa shape index (κ2) is 35.0. The third-order valence-corrected chi connectivity index (χ3v) is 6.34. The summed E-state index contributed by atoms with van der Waals surface area (Å²) in [5.74, 6) is 0.432. The summed E-state index contributed by atoms with van der Waals surface area (Å²) in [6.45, 7) is 14.7. The van der Waals surface area contributed by atoms with Gasteiger partial charge in [-0.3, -0.25) is 14.4 Å². The molecule has 3 N–H and O–H groups in total. The van der Waals surface area contributed by atoms with Gasteiger partial charge in [0.2, 0.25) is 18.2 Å². The lowest BCUT2D eigenvalue weighted by Gasteiger charge is -2.17. The molecule has 0 aliphatic rings. The minimum absolute atomic E-state index is 0.00746. The normalized spacial score (nSPS) is 11.9. The van der Waals surface area contributed by atoms with Crippen molar-refractivity contribution in [1.29, 1.82) is 0 Å². The minimum Gasteiger partial charge on any atom is -0.379 e. The Hall–Kier alpha value is -1.91. The van der Waals surface area contributed by atoms with Gasteiger partial charge >= 0.3 is 0 Å². The fraction of sp³-hybridized carbons (Fsp3) is 0.903. The van der Waals surface area contributed by atoms with Crippen molar-refractivity contribution in [1.82, 2.24) is 16.0 Å². The lowest BCUT2D eigenvalue weighted by atomic mass is 10.1. The average molecular weight is 652 g/mol. The van der Waals surface area contributed by atoms with E-state index in [1.165, 1.54) is 0 Å². The molecule has 0 saturated carbocycles. The van der Waals surface area contributed by atoms with E-state index in [1.54, 1.807) is 0 Å². The molecule has 0 spiro atoms. The van der Waals surface area contributed by atoms with Gasteiger partial charge in [0.15, 0.2) is 0 Å². The molecule has 1 unspecified atom stereocenters. The maximum atomic E-state index is 11.8. The van der Waals surface area contributed by atoms with Gasteiger partial charge in [-0.1, -0.05) is 20.3 Å². The van der Waals surface area contributed by atoms with E-state index in [0.717, 1.165) is 19.3 Å². The Kier molecular flexibility index (Phi) is 33.5. The van der Waals surface area contributed by atoms with Gasteiger partial charge in [-0.2, -0.15) is 0 Å². The van der Waals surface area contributed by atoms with Crippen molar-refractivity contribution < 1.29 is 52.3 Å². The standard InChI is InChI=1S/C31H61N3O11/c1-28(2)29(3)34-31(37)8-11-38-13-15-40-17-19-42-21-23-44-25-26-45-24-22-43-20-18-41-16-14-39-12-10-33-30(36)7-5-4-6-9-32-27-35/h27-29H,4-26H2,1-3H3,(H,32,35)(H,33,36)(H,34,37). The first-order valence-electron chi connectivity index (χ1n) is 16.3. The van der Waals surface area contributed by atoms with Crippen molar-refractivity contribution in [3.05, 3.63) is 0 Å². The van der Waals surface area contributed by atoms with Gasteiger partial charge in [-0.05, 0) is 25.7 Å². The zero-order valence-electron chi connectivity index (χ0n) is 28.0. The predicted octanol–water partition coefficient (Wildman–Crippen LogP) is 1.09. The van der Waals surface area contributed by atoms with E-state index < -0.39 is 0 Å². The zero-order valence-corrected chi connectivity index (χ0v) is 28.0. The first kappa shape index (κ1) is 43.1. The molecule has 266 valence electrons. The third kappa shape index (κ3) is 34.8. The Morgan fingerprint density at radius 3 is 1.36 bits per heavy atom. The second-order valence-corrected chi connectivity index (χ2v) is 10.5. The molecule has 0 aromatic carbocycles. The number of carbonyl (C=O) groups is 3. The third-order valence-electron chi connectivity index (χ3n) is 6.34. The van der Waals surface area contributed by atoms with Crippen LogP contribution in [0, 0.1) is 5.92 Å². The summed E-state index contributed by atoms with van der Waals surface area (Å²) >= 11 is 0. The van der Waals surface area contributed by atoms with E-state index in [-0.39, 0.29) is 17.9 Å². The summed E-state index contributed by atoms with van der Waals surface area (Å²) in [5.41, 5.74) is 0. The highest BCUT2D eigenvalue weighted by molar-refractivity contribution is 5.76. The van der Waals surface area contributed by atoms with Gasteiger partial charge in [0.05, 0.1) is 106 Å². The molecule has 1 atom stereocenters. The van der Waals surface area contributed by atoms with Crippen LogP contribution in [0.5, 0.6) is 0 Å². The van der Waals surface area contributed by atoms with Crippen molar-refractivity contribution >= 4 is 18.2 Å². The molecule has 0 aliphatic carbocycles. The van der Waals surface area contributed by atoms with Gasteiger partial charge in [-0.15, -0.1) is 0 Å². The molecule has 0 heterocycles. The Morgan fingerprint density at radius 2 is 0.933 bits per heavy atom. The number of ether oxygens (including phenoxy) is 8. The zero-order chi connectivity index (χ0) is 33.1. The molecule has 0 fully saturated rings. The monoisotopic (exact) mass is 651 g/mol. The summed E-state index contributed by atoms with van der Waals surface area (Å²) in [7, 11) is 0. The van der Waals surface area contributed by atoms with E-state index in [4.69, 9.17) is 37.9 Å². The van der Waals surface area contributed by atoms with Gasteiger partial charge in [-0.25, -0.2) is 0 Å². The molecule has 14 heteroatoms. The van der Waals surface area contributed by atoms with Crippen molar-refractivity contribution in [3.63, 3.8) is 0 Å². The number of hydrogen-bond donors (Lipinski definition) is 3. The largest absolute Gasteiger partial charge is 0.379 e. The van der Waals surface area contributed by atoms with Crippen LogP contribution in [0.1, 0.15) is 52.9 Å². The fourth-order valence-corrected chi connectivity index (χ4v) is 3.40. The molecular formula is C31H61N3O11. The molecule has 0 aliphatic heterocycles. The molecule has 0 aromatic heterocycles. The van der Waals surface area contributed by atoms with E-state index >= 15 is 0 Å². The Morgan fingerprint density at radius 1 is 0.511 bits per heavy atom. The second-order valence-electron chi connectivity index (χ2n) is 10.5. The van der Waals surface area contributed by atoms with Crippen LogP contribution in [0.3, 0.4) is 0 Å². The molecule has 14 nitrogen and oxygen atoms in total. The van der Waals surface area contributed by atoms with Crippen LogP contribution in [0.25, 0.3) is 0 Å². The minimum atomic E-state index is 0.00746. The predicted molar refractivity (Wildman–Crippen MR) is 169 cm³/mol. The van der Waals surface area contributed by atoms with Gasteiger partial charge < -0.3 is 53.8 Å². The molecule has 0 bridgehead atoms. The van der Waals surface area contributed by atoms with Crippen LogP contribution in [-0.2, 0) is 52.3 Å². The van der Waals surface area contributed by atoms with Gasteiger partial charge in [0.25, 0.3) is 0 Å². The summed E-state index contributed by atoms with van der Waals surface area (Å²) in [4.78, 5) is 33.6. The quantitative estimate of drug-likeness (QED) is 0.0657. The molecule has 0 aromatic rings. The topological polar surface area (TPSA) is 161 Å². The SMILES string of the molecule is CC(C)C(C)NC(=O)CCOCCOCCOCCOCCOCCOCCOCCOCCNC(=O)CCCCCNC=O. The Balaban J connectivity index is 3.16. The van der Waals surface area contributed by atoms with Crippen molar-refractivity contribution in [2.24, 2.45) is 5.92 Å². The van der Waals surface area contributed by atoms with Crippen LogP contribution >= 0.6 is 0 Å². The van der Waals surface area contributed by atoms with Crippen LogP contribution in [0.2, 0.25) is 0 Å². The molecular weight excluding hydrogens is 590 g/mol. The highest BCUT2D eigenvalue weighted by atomic mass is 16.6. The highest BCUT2D eigenvalue weighted by Crippen LogP contribution is 2.00. The summed E-state index contributed by atoms with van der Waals surface area (Å²) < 4.78 is 43.6. The molecule has 45 heavy (non-hydrogen) atoms. The van der Waals surface area contributed by atoms with E-state index in [2.05, 4.69) is 29.8 Å². The lowest BCUT2D eigenvalue weighted by Crippen LogP contribution is -2.36. The number of hydrogen-bond acceptors (Lipinski definition) is 11. The van der Waals surface area contributed by atoms with Gasteiger partial charge in [0, 0.05) is 32.0 Å². The number of amides is 3. The van der Waals surface area contributed by atoms with Crippen molar-refractivity contribution in [3.8, 4) is 0 Å². The first-order valence-corrected chi connectivity index (χ1v) is 16.3. The maximum absolute atomic E-state index is 11.8. The van der Waals surface area contributed by atoms with Crippen LogP contribution < -0.4 is 16.0 Å².